The van der Waals surface area contributed by atoms with Gasteiger partial charge in [0.05, 0.1) is 6.07 Å². The summed E-state index contributed by atoms with van der Waals surface area (Å²) in [5, 5.41) is 8.23. The SMILES string of the molecule is N#CC(C=O)(C(N)=O)C(N)=O. The van der Waals surface area contributed by atoms with Gasteiger partial charge < -0.3 is 16.3 Å². The van der Waals surface area contributed by atoms with E-state index in [0.29, 0.717) is 0 Å². The molecule has 0 aliphatic carbocycles. The molecule has 0 aliphatic rings. The van der Waals surface area contributed by atoms with Crippen molar-refractivity contribution in [2.24, 2.45) is 16.9 Å². The van der Waals surface area contributed by atoms with Gasteiger partial charge in [0.2, 0.25) is 0 Å². The first-order valence-electron chi connectivity index (χ1n) is 2.48. The Kier molecular flexibility index (Phi) is 2.31. The summed E-state index contributed by atoms with van der Waals surface area (Å²) >= 11 is 0. The van der Waals surface area contributed by atoms with Crippen LogP contribution in [0.4, 0.5) is 0 Å². The van der Waals surface area contributed by atoms with Gasteiger partial charge in [0.25, 0.3) is 17.2 Å². The summed E-state index contributed by atoms with van der Waals surface area (Å²) < 4.78 is 0. The summed E-state index contributed by atoms with van der Waals surface area (Å²) in [7, 11) is 0. The third-order valence-corrected chi connectivity index (χ3v) is 1.13. The molecule has 0 atom stereocenters. The van der Waals surface area contributed by atoms with Gasteiger partial charge >= 0.3 is 0 Å². The number of aldehydes is 1. The van der Waals surface area contributed by atoms with Gasteiger partial charge in [-0.2, -0.15) is 5.26 Å². The molecule has 0 aliphatic heterocycles. The van der Waals surface area contributed by atoms with Crippen molar-refractivity contribution in [1.82, 2.24) is 0 Å². The fourth-order valence-electron chi connectivity index (χ4n) is 0.374. The van der Waals surface area contributed by atoms with E-state index in [1.165, 1.54) is 0 Å². The van der Waals surface area contributed by atoms with Crippen LogP contribution >= 0.6 is 0 Å². The second-order valence-electron chi connectivity index (χ2n) is 1.77. The number of rotatable bonds is 3. The lowest BCUT2D eigenvalue weighted by molar-refractivity contribution is -0.139. The van der Waals surface area contributed by atoms with Gasteiger partial charge in [-0.15, -0.1) is 0 Å². The van der Waals surface area contributed by atoms with Gasteiger partial charge in [-0.25, -0.2) is 0 Å². The predicted octanol–water partition coefficient (Wildman–Crippen LogP) is -2.33. The van der Waals surface area contributed by atoms with Crippen LogP contribution in [0, 0.1) is 16.7 Å². The minimum absolute atomic E-state index is 0.169. The highest BCUT2D eigenvalue weighted by molar-refractivity contribution is 6.19. The van der Waals surface area contributed by atoms with Crippen molar-refractivity contribution in [2.75, 3.05) is 0 Å². The Balaban J connectivity index is 5.13. The minimum Gasteiger partial charge on any atom is -0.367 e. The summed E-state index contributed by atoms with van der Waals surface area (Å²) in [6.45, 7) is 0. The largest absolute Gasteiger partial charge is 0.367 e. The van der Waals surface area contributed by atoms with Crippen LogP contribution in [0.15, 0.2) is 0 Å². The number of hydrogen-bond acceptors (Lipinski definition) is 4. The molecule has 0 unspecified atom stereocenters. The molecule has 0 spiro atoms. The fourth-order valence-corrected chi connectivity index (χ4v) is 0.374. The second kappa shape index (κ2) is 2.79. The number of nitrogens with two attached hydrogens (primary N) is 2. The lowest BCUT2D eigenvalue weighted by Crippen LogP contribution is -2.47. The van der Waals surface area contributed by atoms with Crippen LogP contribution < -0.4 is 11.5 Å². The van der Waals surface area contributed by atoms with E-state index in [4.69, 9.17) is 5.26 Å². The van der Waals surface area contributed by atoms with Crippen molar-refractivity contribution < 1.29 is 14.4 Å². The Morgan fingerprint density at radius 2 is 1.73 bits per heavy atom. The number of carbonyl (C=O) groups excluding carboxylic acids is 3. The highest BCUT2D eigenvalue weighted by Gasteiger charge is 2.43. The number of hydrogen-bond donors (Lipinski definition) is 2. The number of carbonyl (C=O) groups is 3. The number of amides is 2. The van der Waals surface area contributed by atoms with Crippen molar-refractivity contribution in [1.29, 1.82) is 5.26 Å². The van der Waals surface area contributed by atoms with E-state index in [1.807, 2.05) is 0 Å². The van der Waals surface area contributed by atoms with Gasteiger partial charge in [0, 0.05) is 0 Å². The van der Waals surface area contributed by atoms with Gasteiger partial charge in [-0.05, 0) is 0 Å². The highest BCUT2D eigenvalue weighted by atomic mass is 16.2. The van der Waals surface area contributed by atoms with E-state index in [-0.39, 0.29) is 6.29 Å². The maximum atomic E-state index is 10.4. The lowest BCUT2D eigenvalue weighted by atomic mass is 9.90. The first kappa shape index (κ1) is 9.10. The Bertz CT molecular complexity index is 238. The monoisotopic (exact) mass is 155 g/mol. The third kappa shape index (κ3) is 1.16. The zero-order chi connectivity index (χ0) is 9.07. The quantitative estimate of drug-likeness (QED) is 0.349. The third-order valence-electron chi connectivity index (χ3n) is 1.13. The van der Waals surface area contributed by atoms with Crippen LogP contribution in [0.3, 0.4) is 0 Å². The van der Waals surface area contributed by atoms with Crippen molar-refractivity contribution in [2.45, 2.75) is 0 Å². The first-order valence-corrected chi connectivity index (χ1v) is 2.48. The lowest BCUT2D eigenvalue weighted by Gasteiger charge is -2.09. The maximum Gasteiger partial charge on any atom is 0.267 e. The Morgan fingerprint density at radius 1 is 1.36 bits per heavy atom. The fraction of sp³-hybridized carbons (Fsp3) is 0.200. The summed E-state index contributed by atoms with van der Waals surface area (Å²) in [5.41, 5.74) is 6.69. The first-order chi connectivity index (χ1) is 5.01. The molecule has 0 heterocycles. The molecule has 0 aromatic heterocycles. The normalized spacial score (nSPS) is 9.73. The van der Waals surface area contributed by atoms with Gasteiger partial charge in [-0.1, -0.05) is 0 Å². The smallest absolute Gasteiger partial charge is 0.267 e. The number of nitriles is 1. The predicted molar refractivity (Wildman–Crippen MR) is 32.5 cm³/mol. The van der Waals surface area contributed by atoms with Crippen LogP contribution in [-0.4, -0.2) is 18.1 Å². The maximum absolute atomic E-state index is 10.4. The zero-order valence-corrected chi connectivity index (χ0v) is 5.40. The molecule has 2 amide bonds. The molecule has 0 fully saturated rings. The van der Waals surface area contributed by atoms with Crippen molar-refractivity contribution in [3.05, 3.63) is 0 Å². The second-order valence-corrected chi connectivity index (χ2v) is 1.77. The topological polar surface area (TPSA) is 127 Å². The highest BCUT2D eigenvalue weighted by Crippen LogP contribution is 2.09. The average molecular weight is 155 g/mol. The molecule has 0 bridgehead atoms. The van der Waals surface area contributed by atoms with E-state index in [9.17, 15) is 14.4 Å². The molecule has 4 N–H and O–H groups in total. The molecule has 6 heteroatoms. The molecule has 6 nitrogen and oxygen atoms in total. The minimum atomic E-state index is -2.51. The molecule has 58 valence electrons. The summed E-state index contributed by atoms with van der Waals surface area (Å²) in [6.07, 6.45) is -0.169. The molecule has 0 radical (unpaired) electrons. The molecule has 0 saturated heterocycles. The van der Waals surface area contributed by atoms with E-state index >= 15 is 0 Å². The summed E-state index contributed by atoms with van der Waals surface area (Å²) in [6, 6.07) is 1.15. The summed E-state index contributed by atoms with van der Waals surface area (Å²) in [4.78, 5) is 30.9. The average Bonchev–Trinajstić information content (AvgIpc) is 1.90. The molecule has 11 heavy (non-hydrogen) atoms. The van der Waals surface area contributed by atoms with Crippen LogP contribution in [-0.2, 0) is 14.4 Å². The zero-order valence-electron chi connectivity index (χ0n) is 5.40. The number of nitrogens with zero attached hydrogens (tertiary/aromatic N) is 1. The van der Waals surface area contributed by atoms with Gasteiger partial charge in [0.1, 0.15) is 0 Å². The van der Waals surface area contributed by atoms with E-state index in [1.54, 1.807) is 0 Å². The summed E-state index contributed by atoms with van der Waals surface area (Å²) in [5.74, 6) is -2.72. The van der Waals surface area contributed by atoms with Crippen molar-refractivity contribution in [3.63, 3.8) is 0 Å². The molecule has 0 saturated carbocycles. The molecule has 0 aromatic rings. The van der Waals surface area contributed by atoms with Crippen LogP contribution in [0.25, 0.3) is 0 Å². The number of primary amides is 2. The van der Waals surface area contributed by atoms with Gasteiger partial charge in [-0.3, -0.25) is 9.59 Å². The molecular weight excluding hydrogens is 150 g/mol. The van der Waals surface area contributed by atoms with Gasteiger partial charge in [0.15, 0.2) is 6.29 Å². The van der Waals surface area contributed by atoms with E-state index < -0.39 is 17.2 Å². The van der Waals surface area contributed by atoms with Crippen LogP contribution in [0.1, 0.15) is 0 Å². The van der Waals surface area contributed by atoms with Crippen LogP contribution in [0.2, 0.25) is 0 Å². The Morgan fingerprint density at radius 3 is 1.73 bits per heavy atom. The molecule has 0 aromatic carbocycles. The molecule has 0 rings (SSSR count). The van der Waals surface area contributed by atoms with Crippen molar-refractivity contribution in [3.8, 4) is 6.07 Å². The van der Waals surface area contributed by atoms with E-state index in [0.717, 1.165) is 6.07 Å². The van der Waals surface area contributed by atoms with Crippen molar-refractivity contribution >= 4 is 18.1 Å². The van der Waals surface area contributed by atoms with E-state index in [2.05, 4.69) is 11.5 Å². The Hall–Kier alpha value is -1.90. The molecular formula is C5H5N3O3. The standard InChI is InChI=1S/C5H5N3O3/c6-1-5(2-9,3(7)10)4(8)11/h2H,(H2,7,10)(H2,8,11). The Labute approximate surface area is 61.8 Å². The van der Waals surface area contributed by atoms with Crippen LogP contribution in [0.5, 0.6) is 0 Å².